The minimum atomic E-state index is -0.614. The van der Waals surface area contributed by atoms with Crippen LogP contribution in [0.2, 0.25) is 0 Å². The van der Waals surface area contributed by atoms with Gasteiger partial charge in [0.25, 0.3) is 5.91 Å². The molecule has 1 amide bonds. The summed E-state index contributed by atoms with van der Waals surface area (Å²) in [4.78, 5) is 19.1. The quantitative estimate of drug-likeness (QED) is 0.519. The van der Waals surface area contributed by atoms with Gasteiger partial charge in [-0.25, -0.2) is 15.4 Å². The molecule has 0 saturated carbocycles. The molecule has 6 heteroatoms. The van der Waals surface area contributed by atoms with Crippen LogP contribution in [0.3, 0.4) is 0 Å². The number of nitrogens with zero attached hydrogens (tertiary/aromatic N) is 2. The molecule has 0 radical (unpaired) electrons. The fourth-order valence-corrected chi connectivity index (χ4v) is 1.59. The van der Waals surface area contributed by atoms with E-state index in [1.54, 1.807) is 0 Å². The van der Waals surface area contributed by atoms with E-state index in [2.05, 4.69) is 36.1 Å². The summed E-state index contributed by atoms with van der Waals surface area (Å²) in [6.45, 7) is 7.42. The summed E-state index contributed by atoms with van der Waals surface area (Å²) in [7, 11) is 0. The van der Waals surface area contributed by atoms with Gasteiger partial charge in [-0.2, -0.15) is 0 Å². The lowest BCUT2D eigenvalue weighted by Crippen LogP contribution is -2.19. The third-order valence-electron chi connectivity index (χ3n) is 2.86. The molecule has 1 unspecified atom stereocenters. The molecule has 0 spiro atoms. The molecule has 1 aromatic rings. The van der Waals surface area contributed by atoms with E-state index in [9.17, 15) is 4.79 Å². The highest BCUT2D eigenvalue weighted by molar-refractivity contribution is 5.92. The number of nitrogens with one attached hydrogen (secondary N) is 2. The molecular weight excluding hydrogens is 244 g/mol. The number of hydroxylamine groups is 1. The number of carbonyl (C=O) groups excluding carboxylic acids is 1. The van der Waals surface area contributed by atoms with Crippen molar-refractivity contribution in [2.24, 2.45) is 11.8 Å². The van der Waals surface area contributed by atoms with Gasteiger partial charge in [0, 0.05) is 18.9 Å². The highest BCUT2D eigenvalue weighted by Gasteiger charge is 2.07. The van der Waals surface area contributed by atoms with E-state index < -0.39 is 5.91 Å². The van der Waals surface area contributed by atoms with Gasteiger partial charge in [0.1, 0.15) is 0 Å². The fourth-order valence-electron chi connectivity index (χ4n) is 1.59. The van der Waals surface area contributed by atoms with Crippen LogP contribution in [0.4, 0.5) is 5.95 Å². The lowest BCUT2D eigenvalue weighted by atomic mass is 9.99. The van der Waals surface area contributed by atoms with Gasteiger partial charge in [-0.05, 0) is 18.3 Å². The topological polar surface area (TPSA) is 87.1 Å². The first-order chi connectivity index (χ1) is 9.02. The van der Waals surface area contributed by atoms with Crippen LogP contribution in [-0.2, 0) is 0 Å². The maximum Gasteiger partial charge on any atom is 0.277 e. The van der Waals surface area contributed by atoms with Crippen LogP contribution in [0, 0.1) is 11.8 Å². The number of amides is 1. The molecule has 19 heavy (non-hydrogen) atoms. The van der Waals surface area contributed by atoms with Crippen LogP contribution < -0.4 is 10.8 Å². The summed E-state index contributed by atoms with van der Waals surface area (Å²) in [5, 5.41) is 11.6. The molecule has 6 nitrogen and oxygen atoms in total. The molecule has 0 aliphatic carbocycles. The third kappa shape index (κ3) is 5.65. The van der Waals surface area contributed by atoms with Crippen molar-refractivity contribution in [1.29, 1.82) is 0 Å². The van der Waals surface area contributed by atoms with Gasteiger partial charge in [0.05, 0.1) is 5.56 Å². The van der Waals surface area contributed by atoms with Crippen LogP contribution in [0.25, 0.3) is 0 Å². The van der Waals surface area contributed by atoms with Gasteiger partial charge in [-0.15, -0.1) is 0 Å². The van der Waals surface area contributed by atoms with E-state index in [-0.39, 0.29) is 5.56 Å². The Morgan fingerprint density at radius 2 is 1.89 bits per heavy atom. The van der Waals surface area contributed by atoms with E-state index in [4.69, 9.17) is 5.21 Å². The largest absolute Gasteiger partial charge is 0.354 e. The van der Waals surface area contributed by atoms with Crippen molar-refractivity contribution in [2.75, 3.05) is 11.9 Å². The Hall–Kier alpha value is -1.69. The second kappa shape index (κ2) is 7.68. The zero-order chi connectivity index (χ0) is 14.3. The van der Waals surface area contributed by atoms with Gasteiger partial charge in [-0.1, -0.05) is 27.2 Å². The van der Waals surface area contributed by atoms with Crippen LogP contribution in [-0.4, -0.2) is 27.6 Å². The molecule has 1 rings (SSSR count). The molecule has 0 aliphatic heterocycles. The van der Waals surface area contributed by atoms with Crippen molar-refractivity contribution in [3.05, 3.63) is 18.0 Å². The smallest absolute Gasteiger partial charge is 0.277 e. The van der Waals surface area contributed by atoms with Crippen molar-refractivity contribution in [2.45, 2.75) is 33.6 Å². The Bertz CT molecular complexity index is 392. The molecule has 106 valence electrons. The van der Waals surface area contributed by atoms with Crippen molar-refractivity contribution >= 4 is 11.9 Å². The van der Waals surface area contributed by atoms with Gasteiger partial charge < -0.3 is 5.32 Å². The SMILES string of the molecule is CC(C)CCC(C)CNc1ncc(C(=O)NO)cn1. The number of hydrogen-bond acceptors (Lipinski definition) is 5. The van der Waals surface area contributed by atoms with Gasteiger partial charge in [0.15, 0.2) is 0 Å². The molecule has 1 heterocycles. The normalized spacial score (nSPS) is 12.3. The summed E-state index contributed by atoms with van der Waals surface area (Å²) in [6.07, 6.45) is 5.12. The van der Waals surface area contributed by atoms with Crippen molar-refractivity contribution in [3.63, 3.8) is 0 Å². The minimum Gasteiger partial charge on any atom is -0.354 e. The Kier molecular flexibility index (Phi) is 6.21. The van der Waals surface area contributed by atoms with Crippen LogP contribution in [0.15, 0.2) is 12.4 Å². The first-order valence-electron chi connectivity index (χ1n) is 6.53. The van der Waals surface area contributed by atoms with Crippen molar-refractivity contribution in [1.82, 2.24) is 15.4 Å². The average molecular weight is 266 g/mol. The summed E-state index contributed by atoms with van der Waals surface area (Å²) < 4.78 is 0. The molecule has 0 bridgehead atoms. The maximum atomic E-state index is 11.1. The number of aromatic nitrogens is 2. The Morgan fingerprint density at radius 3 is 2.42 bits per heavy atom. The summed E-state index contributed by atoms with van der Waals surface area (Å²) >= 11 is 0. The second-order valence-electron chi connectivity index (χ2n) is 5.19. The molecule has 0 aliphatic rings. The Morgan fingerprint density at radius 1 is 1.26 bits per heavy atom. The Labute approximate surface area is 113 Å². The standard InChI is InChI=1S/C13H22N4O2/c1-9(2)4-5-10(3)6-14-13-15-7-11(8-16-13)12(18)17-19/h7-10,19H,4-6H2,1-3H3,(H,17,18)(H,14,15,16). The summed E-state index contributed by atoms with van der Waals surface area (Å²) in [5.74, 6) is 1.14. The molecule has 1 aromatic heterocycles. The van der Waals surface area contributed by atoms with Gasteiger partial charge in [0.2, 0.25) is 5.95 Å². The Balaban J connectivity index is 2.39. The molecule has 0 fully saturated rings. The first-order valence-corrected chi connectivity index (χ1v) is 6.53. The third-order valence-corrected chi connectivity index (χ3v) is 2.86. The summed E-state index contributed by atoms with van der Waals surface area (Å²) in [6, 6.07) is 0. The zero-order valence-corrected chi connectivity index (χ0v) is 11.7. The fraction of sp³-hybridized carbons (Fsp3) is 0.615. The number of hydrogen-bond donors (Lipinski definition) is 3. The molecule has 0 aromatic carbocycles. The number of anilines is 1. The lowest BCUT2D eigenvalue weighted by molar-refractivity contribution is 0.0705. The average Bonchev–Trinajstić information content (AvgIpc) is 2.42. The molecular formula is C13H22N4O2. The lowest BCUT2D eigenvalue weighted by Gasteiger charge is -2.13. The van der Waals surface area contributed by atoms with E-state index >= 15 is 0 Å². The molecule has 3 N–H and O–H groups in total. The second-order valence-corrected chi connectivity index (χ2v) is 5.19. The number of carbonyl (C=O) groups is 1. The van der Waals surface area contributed by atoms with Crippen molar-refractivity contribution < 1.29 is 10.0 Å². The zero-order valence-electron chi connectivity index (χ0n) is 11.7. The number of rotatable bonds is 7. The van der Waals surface area contributed by atoms with Crippen LogP contribution >= 0.6 is 0 Å². The van der Waals surface area contributed by atoms with Gasteiger partial charge in [-0.3, -0.25) is 10.0 Å². The molecule has 1 atom stereocenters. The predicted octanol–water partition coefficient (Wildman–Crippen LogP) is 2.08. The highest BCUT2D eigenvalue weighted by Crippen LogP contribution is 2.12. The minimum absolute atomic E-state index is 0.223. The van der Waals surface area contributed by atoms with E-state index in [1.165, 1.54) is 24.3 Å². The van der Waals surface area contributed by atoms with Crippen LogP contribution in [0.5, 0.6) is 0 Å². The van der Waals surface area contributed by atoms with Crippen molar-refractivity contribution in [3.8, 4) is 0 Å². The summed E-state index contributed by atoms with van der Waals surface area (Å²) in [5.41, 5.74) is 1.76. The molecule has 0 saturated heterocycles. The highest BCUT2D eigenvalue weighted by atomic mass is 16.5. The van der Waals surface area contributed by atoms with E-state index in [0.29, 0.717) is 11.9 Å². The maximum absolute atomic E-state index is 11.1. The van der Waals surface area contributed by atoms with Gasteiger partial charge >= 0.3 is 0 Å². The van der Waals surface area contributed by atoms with E-state index in [1.807, 2.05) is 0 Å². The van der Waals surface area contributed by atoms with E-state index in [0.717, 1.165) is 18.9 Å². The predicted molar refractivity (Wildman–Crippen MR) is 73.0 cm³/mol. The van der Waals surface area contributed by atoms with Crippen LogP contribution in [0.1, 0.15) is 44.0 Å². The monoisotopic (exact) mass is 266 g/mol. The first kappa shape index (κ1) is 15.4.